The predicted molar refractivity (Wildman–Crippen MR) is 133 cm³/mol. The number of amides is 3. The highest BCUT2D eigenvalue weighted by molar-refractivity contribution is 5.90. The number of anilines is 2. The van der Waals surface area contributed by atoms with Crippen molar-refractivity contribution in [2.75, 3.05) is 49.1 Å². The second-order valence-electron chi connectivity index (χ2n) is 9.20. The van der Waals surface area contributed by atoms with Crippen molar-refractivity contribution < 1.29 is 33.0 Å². The molecule has 0 saturated carbocycles. The van der Waals surface area contributed by atoms with Gasteiger partial charge in [-0.25, -0.2) is 13.6 Å². The van der Waals surface area contributed by atoms with E-state index >= 15 is 8.78 Å². The average Bonchev–Trinajstić information content (AvgIpc) is 3.28. The van der Waals surface area contributed by atoms with E-state index in [9.17, 15) is 19.5 Å². The second-order valence-corrected chi connectivity index (χ2v) is 9.20. The number of ether oxygens (including phenoxy) is 1. The Balaban J connectivity index is 1.35. The Kier molecular flexibility index (Phi) is 8.37. The van der Waals surface area contributed by atoms with Gasteiger partial charge in [-0.1, -0.05) is 6.07 Å². The van der Waals surface area contributed by atoms with Crippen molar-refractivity contribution in [3.05, 3.63) is 53.9 Å². The van der Waals surface area contributed by atoms with E-state index in [2.05, 4.69) is 15.6 Å². The summed E-state index contributed by atoms with van der Waals surface area (Å²) >= 11 is 0. The minimum Gasteiger partial charge on any atom is -0.442 e. The lowest BCUT2D eigenvalue weighted by Gasteiger charge is -2.37. The first kappa shape index (κ1) is 27.2. The number of nitrogens with one attached hydrogen (secondary N) is 2. The number of aliphatic hydroxyl groups excluding tert-OH is 1. The van der Waals surface area contributed by atoms with Crippen LogP contribution in [0.2, 0.25) is 0 Å². The van der Waals surface area contributed by atoms with Crippen LogP contribution in [-0.2, 0) is 14.3 Å². The van der Waals surface area contributed by atoms with Crippen LogP contribution in [0.3, 0.4) is 0 Å². The maximum Gasteiger partial charge on any atom is 0.414 e. The fraction of sp³-hybridized carbons (Fsp3) is 0.440. The number of carbonyl (C=O) groups is 3. The van der Waals surface area contributed by atoms with Gasteiger partial charge >= 0.3 is 6.09 Å². The lowest BCUT2D eigenvalue weighted by Crippen LogP contribution is -2.54. The van der Waals surface area contributed by atoms with E-state index in [-0.39, 0.29) is 62.5 Å². The van der Waals surface area contributed by atoms with Gasteiger partial charge in [0, 0.05) is 63.2 Å². The van der Waals surface area contributed by atoms with Crippen LogP contribution in [0, 0.1) is 11.6 Å². The first-order valence-corrected chi connectivity index (χ1v) is 12.2. The molecule has 2 saturated heterocycles. The molecular weight excluding hydrogens is 502 g/mol. The molecule has 13 heteroatoms. The van der Waals surface area contributed by atoms with Gasteiger partial charge in [-0.3, -0.25) is 24.8 Å². The molecule has 1 aromatic heterocycles. The number of pyridine rings is 1. The Morgan fingerprint density at radius 2 is 1.89 bits per heavy atom. The predicted octanol–water partition coefficient (Wildman–Crippen LogP) is 1.14. The SMILES string of the molecule is CC(=O)NC[C@H]1CN(c2cc(F)c(N3CCN(C(=O)[C@H](C)NC(O)c4cccnc4)CC3)c(F)c2)C(=O)O1. The van der Waals surface area contributed by atoms with Crippen LogP contribution in [0.25, 0.3) is 0 Å². The molecule has 0 radical (unpaired) electrons. The number of nitrogens with zero attached hydrogens (tertiary/aromatic N) is 4. The van der Waals surface area contributed by atoms with Crippen molar-refractivity contribution in [2.24, 2.45) is 0 Å². The summed E-state index contributed by atoms with van der Waals surface area (Å²) in [7, 11) is 0. The van der Waals surface area contributed by atoms with Crippen LogP contribution in [0.1, 0.15) is 25.6 Å². The van der Waals surface area contributed by atoms with E-state index in [1.807, 2.05) is 0 Å². The van der Waals surface area contributed by atoms with E-state index in [0.717, 1.165) is 17.0 Å². The molecule has 3 atom stereocenters. The van der Waals surface area contributed by atoms with E-state index in [0.29, 0.717) is 5.56 Å². The number of cyclic esters (lactones) is 1. The zero-order valence-electron chi connectivity index (χ0n) is 21.1. The Morgan fingerprint density at radius 1 is 1.21 bits per heavy atom. The number of benzene rings is 1. The number of halogens is 2. The largest absolute Gasteiger partial charge is 0.442 e. The first-order chi connectivity index (χ1) is 18.1. The van der Waals surface area contributed by atoms with Gasteiger partial charge in [-0.15, -0.1) is 0 Å². The van der Waals surface area contributed by atoms with Gasteiger partial charge in [0.25, 0.3) is 0 Å². The van der Waals surface area contributed by atoms with E-state index in [4.69, 9.17) is 4.74 Å². The quantitative estimate of drug-likeness (QED) is 0.432. The summed E-state index contributed by atoms with van der Waals surface area (Å²) in [5.41, 5.74) is 0.304. The van der Waals surface area contributed by atoms with Crippen molar-refractivity contribution in [3.8, 4) is 0 Å². The first-order valence-electron chi connectivity index (χ1n) is 12.2. The maximum atomic E-state index is 15.1. The third kappa shape index (κ3) is 6.17. The normalized spacial score (nSPS) is 19.2. The van der Waals surface area contributed by atoms with Crippen LogP contribution in [0.4, 0.5) is 25.0 Å². The Bertz CT molecular complexity index is 1160. The third-order valence-electron chi connectivity index (χ3n) is 6.45. The molecule has 11 nitrogen and oxygen atoms in total. The standard InChI is InChI=1S/C25H30F2N6O5/c1-15(30-23(35)17-4-3-5-28-12-17)24(36)32-8-6-31(7-9-32)22-20(26)10-18(11-21(22)27)33-14-19(38-25(33)37)13-29-16(2)34/h3-5,10-12,15,19,23,30,35H,6-9,13-14H2,1-2H3,(H,29,34)/t15-,19-,23?/m0/s1. The van der Waals surface area contributed by atoms with E-state index in [1.165, 1.54) is 18.0 Å². The highest BCUT2D eigenvalue weighted by Gasteiger charge is 2.34. The number of piperazine rings is 1. The van der Waals surface area contributed by atoms with Crippen LogP contribution in [0.15, 0.2) is 36.7 Å². The topological polar surface area (TPSA) is 127 Å². The van der Waals surface area contributed by atoms with Gasteiger partial charge in [-0.2, -0.15) is 0 Å². The Labute approximate surface area is 218 Å². The molecule has 3 amide bonds. The molecule has 2 aromatic rings. The van der Waals surface area contributed by atoms with Crippen molar-refractivity contribution in [1.29, 1.82) is 0 Å². The van der Waals surface area contributed by atoms with Crippen molar-refractivity contribution in [3.63, 3.8) is 0 Å². The fourth-order valence-electron chi connectivity index (χ4n) is 4.47. The summed E-state index contributed by atoms with van der Waals surface area (Å²) in [6.45, 7) is 3.97. The van der Waals surface area contributed by atoms with Crippen molar-refractivity contribution in [1.82, 2.24) is 20.5 Å². The van der Waals surface area contributed by atoms with E-state index in [1.54, 1.807) is 30.2 Å². The third-order valence-corrected chi connectivity index (χ3v) is 6.45. The van der Waals surface area contributed by atoms with E-state index < -0.39 is 36.1 Å². The molecule has 2 aliphatic heterocycles. The minimum atomic E-state index is -1.07. The summed E-state index contributed by atoms with van der Waals surface area (Å²) in [5.74, 6) is -2.21. The number of hydrogen-bond acceptors (Lipinski definition) is 8. The molecule has 204 valence electrons. The summed E-state index contributed by atoms with van der Waals surface area (Å²) in [6, 6.07) is 4.82. The smallest absolute Gasteiger partial charge is 0.414 e. The van der Waals surface area contributed by atoms with Gasteiger partial charge in [0.05, 0.1) is 24.8 Å². The van der Waals surface area contributed by atoms with Gasteiger partial charge < -0.3 is 25.0 Å². The van der Waals surface area contributed by atoms with Crippen molar-refractivity contribution >= 4 is 29.3 Å². The Morgan fingerprint density at radius 3 is 2.50 bits per heavy atom. The zero-order chi connectivity index (χ0) is 27.4. The summed E-state index contributed by atoms with van der Waals surface area (Å²) in [5, 5.41) is 15.7. The second kappa shape index (κ2) is 11.7. The fourth-order valence-corrected chi connectivity index (χ4v) is 4.47. The zero-order valence-corrected chi connectivity index (χ0v) is 21.1. The summed E-state index contributed by atoms with van der Waals surface area (Å²) in [4.78, 5) is 44.3. The van der Waals surface area contributed by atoms with Gasteiger partial charge in [0.1, 0.15) is 18.0 Å². The molecule has 3 N–H and O–H groups in total. The molecule has 4 rings (SSSR count). The maximum absolute atomic E-state index is 15.1. The van der Waals surface area contributed by atoms with Gasteiger partial charge in [0.2, 0.25) is 11.8 Å². The summed E-state index contributed by atoms with van der Waals surface area (Å²) in [6.07, 6.45) is 0.619. The van der Waals surface area contributed by atoms with Crippen LogP contribution >= 0.6 is 0 Å². The van der Waals surface area contributed by atoms with Crippen LogP contribution in [0.5, 0.6) is 0 Å². The van der Waals surface area contributed by atoms with Crippen LogP contribution in [-0.4, -0.2) is 84.3 Å². The van der Waals surface area contributed by atoms with Gasteiger partial charge in [-0.05, 0) is 13.0 Å². The monoisotopic (exact) mass is 532 g/mol. The van der Waals surface area contributed by atoms with Crippen molar-refractivity contribution in [2.45, 2.75) is 32.2 Å². The number of carbonyl (C=O) groups excluding carboxylic acids is 3. The molecule has 2 fully saturated rings. The molecule has 1 unspecified atom stereocenters. The molecule has 1 aromatic carbocycles. The molecule has 2 aliphatic rings. The Hall–Kier alpha value is -3.84. The molecule has 0 spiro atoms. The molecule has 0 aliphatic carbocycles. The number of rotatable bonds is 8. The lowest BCUT2D eigenvalue weighted by atomic mass is 10.1. The number of aliphatic hydroxyl groups is 1. The molecule has 3 heterocycles. The average molecular weight is 533 g/mol. The minimum absolute atomic E-state index is 0.0139. The highest BCUT2D eigenvalue weighted by Crippen LogP contribution is 2.31. The lowest BCUT2D eigenvalue weighted by molar-refractivity contribution is -0.134. The number of aromatic nitrogens is 1. The highest BCUT2D eigenvalue weighted by atomic mass is 19.1. The molecule has 0 bridgehead atoms. The molecular formula is C25H30F2N6O5. The van der Waals surface area contributed by atoms with Gasteiger partial charge in [0.15, 0.2) is 11.6 Å². The number of hydrogen-bond donors (Lipinski definition) is 3. The molecule has 38 heavy (non-hydrogen) atoms. The summed E-state index contributed by atoms with van der Waals surface area (Å²) < 4.78 is 35.3. The van der Waals surface area contributed by atoms with Crippen LogP contribution < -0.4 is 20.4 Å².